The minimum absolute atomic E-state index is 0.572. The standard InChI is InChI=1S/C13H18S2/c14-10-13(7-4-8-13)11-15-9-12-5-2-1-3-6-12/h1-3,5-6,14H,4,7-11H2. The van der Waals surface area contributed by atoms with Crippen molar-refractivity contribution in [3.63, 3.8) is 0 Å². The van der Waals surface area contributed by atoms with Crippen LogP contribution in [0.3, 0.4) is 0 Å². The lowest BCUT2D eigenvalue weighted by atomic mass is 9.72. The third-order valence-electron chi connectivity index (χ3n) is 3.27. The van der Waals surface area contributed by atoms with Crippen molar-refractivity contribution in [2.75, 3.05) is 11.5 Å². The molecule has 0 bridgehead atoms. The van der Waals surface area contributed by atoms with Gasteiger partial charge in [0.25, 0.3) is 0 Å². The number of benzene rings is 1. The van der Waals surface area contributed by atoms with E-state index in [9.17, 15) is 0 Å². The van der Waals surface area contributed by atoms with E-state index in [1.807, 2.05) is 0 Å². The van der Waals surface area contributed by atoms with Crippen LogP contribution < -0.4 is 0 Å². The third-order valence-corrected chi connectivity index (χ3v) is 5.29. The van der Waals surface area contributed by atoms with Gasteiger partial charge in [-0.25, -0.2) is 0 Å². The van der Waals surface area contributed by atoms with Gasteiger partial charge in [-0.05, 0) is 29.6 Å². The first-order chi connectivity index (χ1) is 7.35. The number of hydrogen-bond acceptors (Lipinski definition) is 2. The Balaban J connectivity index is 1.75. The Kier molecular flexibility index (Phi) is 4.04. The second-order valence-electron chi connectivity index (χ2n) is 4.49. The highest BCUT2D eigenvalue weighted by Gasteiger charge is 2.35. The number of thioether (sulfide) groups is 1. The Labute approximate surface area is 102 Å². The molecule has 15 heavy (non-hydrogen) atoms. The Bertz CT molecular complexity index is 285. The van der Waals surface area contributed by atoms with Gasteiger partial charge >= 0.3 is 0 Å². The van der Waals surface area contributed by atoms with Crippen molar-refractivity contribution in [2.45, 2.75) is 25.0 Å². The number of thiol groups is 1. The van der Waals surface area contributed by atoms with E-state index < -0.39 is 0 Å². The van der Waals surface area contributed by atoms with E-state index in [2.05, 4.69) is 54.7 Å². The minimum Gasteiger partial charge on any atom is -0.179 e. The van der Waals surface area contributed by atoms with Crippen molar-refractivity contribution in [3.05, 3.63) is 35.9 Å². The van der Waals surface area contributed by atoms with Gasteiger partial charge in [-0.3, -0.25) is 0 Å². The van der Waals surface area contributed by atoms with Gasteiger partial charge in [0.15, 0.2) is 0 Å². The fourth-order valence-corrected chi connectivity index (χ4v) is 3.92. The molecule has 0 aromatic heterocycles. The molecule has 0 N–H and O–H groups in total. The first-order valence-electron chi connectivity index (χ1n) is 5.57. The summed E-state index contributed by atoms with van der Waals surface area (Å²) in [6, 6.07) is 10.7. The molecule has 0 radical (unpaired) electrons. The molecule has 1 aromatic rings. The molecule has 0 amide bonds. The predicted molar refractivity (Wildman–Crippen MR) is 72.7 cm³/mol. The summed E-state index contributed by atoms with van der Waals surface area (Å²) < 4.78 is 0. The fraction of sp³-hybridized carbons (Fsp3) is 0.538. The van der Waals surface area contributed by atoms with Gasteiger partial charge in [0.1, 0.15) is 0 Å². The van der Waals surface area contributed by atoms with E-state index in [0.717, 1.165) is 11.5 Å². The predicted octanol–water partition coefficient (Wildman–Crippen LogP) is 4.02. The summed E-state index contributed by atoms with van der Waals surface area (Å²) in [6.45, 7) is 0. The molecule has 1 fully saturated rings. The van der Waals surface area contributed by atoms with E-state index in [0.29, 0.717) is 5.41 Å². The van der Waals surface area contributed by atoms with Crippen LogP contribution in [0.1, 0.15) is 24.8 Å². The zero-order chi connectivity index (χ0) is 10.6. The average molecular weight is 238 g/mol. The average Bonchev–Trinajstić information content (AvgIpc) is 2.24. The molecule has 0 spiro atoms. The Hall–Kier alpha value is -0.0800. The summed E-state index contributed by atoms with van der Waals surface area (Å²) in [5.41, 5.74) is 2.01. The van der Waals surface area contributed by atoms with Gasteiger partial charge in [-0.1, -0.05) is 36.8 Å². The first-order valence-corrected chi connectivity index (χ1v) is 7.36. The molecule has 2 rings (SSSR count). The molecule has 0 unspecified atom stereocenters. The van der Waals surface area contributed by atoms with Gasteiger partial charge in [-0.2, -0.15) is 24.4 Å². The summed E-state index contributed by atoms with van der Waals surface area (Å²) in [7, 11) is 0. The quantitative estimate of drug-likeness (QED) is 0.756. The highest BCUT2D eigenvalue weighted by molar-refractivity contribution is 7.98. The fourth-order valence-electron chi connectivity index (χ4n) is 1.98. The van der Waals surface area contributed by atoms with Crippen molar-refractivity contribution in [3.8, 4) is 0 Å². The highest BCUT2D eigenvalue weighted by atomic mass is 32.2. The molecule has 0 aliphatic heterocycles. The van der Waals surface area contributed by atoms with Crippen LogP contribution in [0, 0.1) is 5.41 Å². The molecule has 1 aliphatic carbocycles. The second-order valence-corrected chi connectivity index (χ2v) is 5.79. The summed E-state index contributed by atoms with van der Waals surface area (Å²) >= 11 is 6.54. The topological polar surface area (TPSA) is 0 Å². The van der Waals surface area contributed by atoms with Crippen molar-refractivity contribution >= 4 is 24.4 Å². The second kappa shape index (κ2) is 5.31. The molecule has 1 saturated carbocycles. The Morgan fingerprint density at radius 2 is 1.93 bits per heavy atom. The highest BCUT2D eigenvalue weighted by Crippen LogP contribution is 2.44. The third kappa shape index (κ3) is 2.94. The molecular weight excluding hydrogens is 220 g/mol. The van der Waals surface area contributed by atoms with Crippen LogP contribution in [-0.4, -0.2) is 11.5 Å². The van der Waals surface area contributed by atoms with Gasteiger partial charge in [0, 0.05) is 11.5 Å². The number of hydrogen-bond donors (Lipinski definition) is 1. The van der Waals surface area contributed by atoms with E-state index in [4.69, 9.17) is 0 Å². The largest absolute Gasteiger partial charge is 0.179 e. The van der Waals surface area contributed by atoms with Crippen molar-refractivity contribution in [1.82, 2.24) is 0 Å². The zero-order valence-electron chi connectivity index (χ0n) is 8.98. The molecule has 0 atom stereocenters. The normalized spacial score (nSPS) is 18.5. The summed E-state index contributed by atoms with van der Waals surface area (Å²) in [5.74, 6) is 3.50. The van der Waals surface area contributed by atoms with Gasteiger partial charge in [-0.15, -0.1) is 0 Å². The van der Waals surface area contributed by atoms with Crippen LogP contribution in [0.15, 0.2) is 30.3 Å². The SMILES string of the molecule is SCC1(CSCc2ccccc2)CCC1. The van der Waals surface area contributed by atoms with Crippen molar-refractivity contribution in [2.24, 2.45) is 5.41 Å². The Morgan fingerprint density at radius 3 is 2.47 bits per heavy atom. The van der Waals surface area contributed by atoms with Crippen LogP contribution in [0.4, 0.5) is 0 Å². The lowest BCUT2D eigenvalue weighted by Gasteiger charge is -2.40. The van der Waals surface area contributed by atoms with Gasteiger partial charge in [0.05, 0.1) is 0 Å². The van der Waals surface area contributed by atoms with E-state index in [1.54, 1.807) is 0 Å². The smallest absolute Gasteiger partial charge is 0.0184 e. The molecule has 0 heterocycles. The minimum atomic E-state index is 0.572. The molecule has 0 saturated heterocycles. The molecular formula is C13H18S2. The van der Waals surface area contributed by atoms with Crippen molar-refractivity contribution in [1.29, 1.82) is 0 Å². The van der Waals surface area contributed by atoms with E-state index in [1.165, 1.54) is 30.6 Å². The maximum atomic E-state index is 4.48. The van der Waals surface area contributed by atoms with Crippen LogP contribution >= 0.6 is 24.4 Å². The van der Waals surface area contributed by atoms with E-state index >= 15 is 0 Å². The molecule has 0 nitrogen and oxygen atoms in total. The molecule has 1 aliphatic rings. The summed E-state index contributed by atoms with van der Waals surface area (Å²) in [6.07, 6.45) is 4.18. The van der Waals surface area contributed by atoms with Gasteiger partial charge < -0.3 is 0 Å². The lowest BCUT2D eigenvalue weighted by molar-refractivity contribution is 0.205. The maximum absolute atomic E-state index is 4.48. The maximum Gasteiger partial charge on any atom is 0.0184 e. The van der Waals surface area contributed by atoms with Crippen LogP contribution in [0.2, 0.25) is 0 Å². The Morgan fingerprint density at radius 1 is 1.20 bits per heavy atom. The van der Waals surface area contributed by atoms with Gasteiger partial charge in [0.2, 0.25) is 0 Å². The molecule has 82 valence electrons. The monoisotopic (exact) mass is 238 g/mol. The summed E-state index contributed by atoms with van der Waals surface area (Å²) in [5, 5.41) is 0. The van der Waals surface area contributed by atoms with Crippen LogP contribution in [0.5, 0.6) is 0 Å². The zero-order valence-corrected chi connectivity index (χ0v) is 10.7. The first kappa shape index (κ1) is 11.4. The molecule has 1 aromatic carbocycles. The number of rotatable bonds is 5. The van der Waals surface area contributed by atoms with E-state index in [-0.39, 0.29) is 0 Å². The van der Waals surface area contributed by atoms with Crippen LogP contribution in [0.25, 0.3) is 0 Å². The van der Waals surface area contributed by atoms with Crippen LogP contribution in [-0.2, 0) is 5.75 Å². The molecule has 2 heteroatoms. The van der Waals surface area contributed by atoms with Crippen molar-refractivity contribution < 1.29 is 0 Å². The summed E-state index contributed by atoms with van der Waals surface area (Å²) in [4.78, 5) is 0. The lowest BCUT2D eigenvalue weighted by Crippen LogP contribution is -2.33.